The van der Waals surface area contributed by atoms with Gasteiger partial charge in [0.2, 0.25) is 11.8 Å². The number of carbonyl (C=O) groups excluding carboxylic acids is 2. The smallest absolute Gasteiger partial charge is 0.266 e. The molecule has 2 N–H and O–H groups in total. The van der Waals surface area contributed by atoms with E-state index in [1.54, 1.807) is 21.6 Å². The summed E-state index contributed by atoms with van der Waals surface area (Å²) in [5.74, 6) is -0.660. The lowest BCUT2D eigenvalue weighted by atomic mass is 10.1. The molecule has 0 spiro atoms. The van der Waals surface area contributed by atoms with E-state index in [2.05, 4.69) is 0 Å². The molecule has 0 aliphatic heterocycles. The minimum atomic E-state index is -0.480. The van der Waals surface area contributed by atoms with E-state index in [1.807, 2.05) is 74.5 Å². The zero-order valence-electron chi connectivity index (χ0n) is 19.6. The van der Waals surface area contributed by atoms with E-state index in [1.165, 1.54) is 11.8 Å². The lowest BCUT2D eigenvalue weighted by Gasteiger charge is -2.22. The first-order valence-corrected chi connectivity index (χ1v) is 12.2. The highest BCUT2D eigenvalue weighted by atomic mass is 32.2. The van der Waals surface area contributed by atoms with Crippen LogP contribution in [0.25, 0.3) is 16.6 Å². The molecule has 1 heterocycles. The molecule has 3 aromatic carbocycles. The highest BCUT2D eigenvalue weighted by Gasteiger charge is 2.20. The number of nitrogens with zero attached hydrogens (tertiary/aromatic N) is 3. The highest BCUT2D eigenvalue weighted by molar-refractivity contribution is 7.99. The van der Waals surface area contributed by atoms with Crippen LogP contribution in [0.2, 0.25) is 0 Å². The summed E-state index contributed by atoms with van der Waals surface area (Å²) < 4.78 is 1.57. The fraction of sp³-hybridized carbons (Fsp3) is 0.185. The summed E-state index contributed by atoms with van der Waals surface area (Å²) in [5.41, 5.74) is 9.14. The van der Waals surface area contributed by atoms with Gasteiger partial charge >= 0.3 is 0 Å². The Bertz CT molecular complexity index is 1450. The van der Waals surface area contributed by atoms with E-state index in [0.717, 1.165) is 16.8 Å². The Hall–Kier alpha value is -3.91. The first-order valence-electron chi connectivity index (χ1n) is 11.2. The summed E-state index contributed by atoms with van der Waals surface area (Å²) in [6, 6.07) is 22.2. The van der Waals surface area contributed by atoms with E-state index in [4.69, 9.17) is 10.7 Å². The number of hydrogen-bond donors (Lipinski definition) is 1. The molecule has 4 aromatic rings. The summed E-state index contributed by atoms with van der Waals surface area (Å²) in [6.07, 6.45) is 0.0484. The largest absolute Gasteiger partial charge is 0.370 e. The number of hydrogen-bond acceptors (Lipinski definition) is 5. The molecule has 7 nitrogen and oxygen atoms in total. The quantitative estimate of drug-likeness (QED) is 0.300. The van der Waals surface area contributed by atoms with E-state index in [0.29, 0.717) is 21.7 Å². The lowest BCUT2D eigenvalue weighted by Crippen LogP contribution is -2.35. The van der Waals surface area contributed by atoms with Crippen molar-refractivity contribution in [3.8, 4) is 5.69 Å². The van der Waals surface area contributed by atoms with Gasteiger partial charge in [-0.1, -0.05) is 59.8 Å². The topological polar surface area (TPSA) is 98.3 Å². The molecule has 0 saturated carbocycles. The number of benzene rings is 3. The summed E-state index contributed by atoms with van der Waals surface area (Å²) in [4.78, 5) is 44.5. The minimum absolute atomic E-state index is 0.0311. The second kappa shape index (κ2) is 10.6. The molecular formula is C27H26N4O3S. The first kappa shape index (κ1) is 24.2. The summed E-state index contributed by atoms with van der Waals surface area (Å²) >= 11 is 1.19. The SMILES string of the molecule is Cc1ccc(-n2c(SCC(=O)N(CCC(N)=O)c3ccccc3)nc3ccccc3c2=O)c(C)c1. The van der Waals surface area contributed by atoms with Crippen LogP contribution in [-0.2, 0) is 9.59 Å². The molecule has 0 bridgehead atoms. The number of aromatic nitrogens is 2. The first-order chi connectivity index (χ1) is 16.8. The maximum Gasteiger partial charge on any atom is 0.266 e. The summed E-state index contributed by atoms with van der Waals surface area (Å²) in [5, 5.41) is 0.937. The molecule has 0 aliphatic carbocycles. The molecule has 0 fully saturated rings. The van der Waals surface area contributed by atoms with Crippen molar-refractivity contribution in [1.29, 1.82) is 0 Å². The molecule has 8 heteroatoms. The predicted octanol–water partition coefficient (Wildman–Crippen LogP) is 4.00. The third-order valence-electron chi connectivity index (χ3n) is 5.61. The van der Waals surface area contributed by atoms with E-state index < -0.39 is 5.91 Å². The number of aryl methyl sites for hydroxylation is 2. The van der Waals surface area contributed by atoms with E-state index in [9.17, 15) is 14.4 Å². The van der Waals surface area contributed by atoms with Crippen LogP contribution >= 0.6 is 11.8 Å². The van der Waals surface area contributed by atoms with Gasteiger partial charge in [-0.05, 0) is 49.7 Å². The second-order valence-corrected chi connectivity index (χ2v) is 9.17. The van der Waals surface area contributed by atoms with Crippen molar-refractivity contribution >= 4 is 40.2 Å². The zero-order chi connectivity index (χ0) is 24.9. The average molecular weight is 487 g/mol. The van der Waals surface area contributed by atoms with Crippen molar-refractivity contribution in [1.82, 2.24) is 9.55 Å². The van der Waals surface area contributed by atoms with Crippen LogP contribution in [0, 0.1) is 13.8 Å². The van der Waals surface area contributed by atoms with Crippen molar-refractivity contribution in [3.63, 3.8) is 0 Å². The highest BCUT2D eigenvalue weighted by Crippen LogP contribution is 2.25. The van der Waals surface area contributed by atoms with Gasteiger partial charge in [0.25, 0.3) is 5.56 Å². The maximum absolute atomic E-state index is 13.5. The van der Waals surface area contributed by atoms with Gasteiger partial charge < -0.3 is 10.6 Å². The van der Waals surface area contributed by atoms with Crippen molar-refractivity contribution < 1.29 is 9.59 Å². The fourth-order valence-electron chi connectivity index (χ4n) is 3.91. The normalized spacial score (nSPS) is 10.9. The van der Waals surface area contributed by atoms with Crippen molar-refractivity contribution in [2.24, 2.45) is 5.73 Å². The monoisotopic (exact) mass is 486 g/mol. The molecule has 0 atom stereocenters. The Morgan fingerprint density at radius 3 is 2.43 bits per heavy atom. The zero-order valence-corrected chi connectivity index (χ0v) is 20.4. The Kier molecular flexibility index (Phi) is 7.31. The maximum atomic E-state index is 13.5. The van der Waals surface area contributed by atoms with E-state index >= 15 is 0 Å². The van der Waals surface area contributed by atoms with Gasteiger partial charge in [0, 0.05) is 18.7 Å². The molecule has 178 valence electrons. The van der Waals surface area contributed by atoms with Gasteiger partial charge in [-0.25, -0.2) is 4.98 Å². The minimum Gasteiger partial charge on any atom is -0.370 e. The van der Waals surface area contributed by atoms with Gasteiger partial charge in [-0.3, -0.25) is 19.0 Å². The number of amides is 2. The summed E-state index contributed by atoms with van der Waals surface area (Å²) in [7, 11) is 0. The van der Waals surface area contributed by atoms with Crippen LogP contribution in [0.15, 0.2) is 82.7 Å². The van der Waals surface area contributed by atoms with Crippen molar-refractivity contribution in [3.05, 3.63) is 94.3 Å². The number of primary amides is 1. The van der Waals surface area contributed by atoms with Crippen molar-refractivity contribution in [2.45, 2.75) is 25.4 Å². The van der Waals surface area contributed by atoms with Gasteiger partial charge in [0.05, 0.1) is 22.3 Å². The van der Waals surface area contributed by atoms with Crippen LogP contribution < -0.4 is 16.2 Å². The number of rotatable bonds is 8. The molecule has 0 radical (unpaired) electrons. The molecule has 0 saturated heterocycles. The third kappa shape index (κ3) is 5.44. The molecule has 35 heavy (non-hydrogen) atoms. The van der Waals surface area contributed by atoms with Gasteiger partial charge in [0.1, 0.15) is 0 Å². The average Bonchev–Trinajstić information content (AvgIpc) is 2.84. The fourth-order valence-corrected chi connectivity index (χ4v) is 4.79. The predicted molar refractivity (Wildman–Crippen MR) is 140 cm³/mol. The number of nitrogens with two attached hydrogens (primary N) is 1. The van der Waals surface area contributed by atoms with Crippen LogP contribution in [0.3, 0.4) is 0 Å². The van der Waals surface area contributed by atoms with Crippen molar-refractivity contribution in [2.75, 3.05) is 17.2 Å². The number of carbonyl (C=O) groups is 2. The molecule has 4 rings (SSSR count). The molecule has 0 aliphatic rings. The Labute approximate surface area is 207 Å². The van der Waals surface area contributed by atoms with E-state index in [-0.39, 0.29) is 30.2 Å². The Morgan fingerprint density at radius 1 is 1.00 bits per heavy atom. The third-order valence-corrected chi connectivity index (χ3v) is 6.54. The van der Waals surface area contributed by atoms with Gasteiger partial charge in [-0.15, -0.1) is 0 Å². The number of fused-ring (bicyclic) bond motifs is 1. The molecular weight excluding hydrogens is 460 g/mol. The molecule has 1 aromatic heterocycles. The second-order valence-electron chi connectivity index (χ2n) is 8.23. The van der Waals surface area contributed by atoms with Crippen LogP contribution in [0.1, 0.15) is 17.5 Å². The molecule has 2 amide bonds. The number of para-hydroxylation sites is 2. The van der Waals surface area contributed by atoms with Crippen LogP contribution in [-0.4, -0.2) is 33.7 Å². The number of anilines is 1. The van der Waals surface area contributed by atoms with Gasteiger partial charge in [0.15, 0.2) is 5.16 Å². The lowest BCUT2D eigenvalue weighted by molar-refractivity contribution is -0.118. The Balaban J connectivity index is 1.72. The number of thioether (sulfide) groups is 1. The Morgan fingerprint density at radius 2 is 1.71 bits per heavy atom. The standard InChI is InChI=1S/C27H26N4O3S/c1-18-12-13-23(19(2)16-18)31-26(34)21-10-6-7-11-22(21)29-27(31)35-17-25(33)30(15-14-24(28)32)20-8-4-3-5-9-20/h3-13,16H,14-15,17H2,1-2H3,(H2,28,32). The van der Waals surface area contributed by atoms with Crippen LogP contribution in [0.5, 0.6) is 0 Å². The van der Waals surface area contributed by atoms with Gasteiger partial charge in [-0.2, -0.15) is 0 Å². The molecule has 0 unspecified atom stereocenters. The summed E-state index contributed by atoms with van der Waals surface area (Å²) in [6.45, 7) is 4.12. The van der Waals surface area contributed by atoms with Crippen LogP contribution in [0.4, 0.5) is 5.69 Å².